The van der Waals surface area contributed by atoms with Crippen LogP contribution < -0.4 is 0 Å². The second-order valence-electron chi connectivity index (χ2n) is 3.44. The Kier molecular flexibility index (Phi) is 4.75. The Hall–Kier alpha value is -1.29. The van der Waals surface area contributed by atoms with Gasteiger partial charge in [-0.2, -0.15) is 4.99 Å². The molecule has 90 valence electrons. The lowest BCUT2D eigenvalue weighted by Gasteiger charge is -2.09. The number of carbonyl (C=O) groups excluding carboxylic acids is 1. The molecule has 0 unspecified atom stereocenters. The van der Waals surface area contributed by atoms with Crippen molar-refractivity contribution >= 4 is 40.6 Å². The summed E-state index contributed by atoms with van der Waals surface area (Å²) >= 11 is 10.1. The molecule has 1 aromatic carbocycles. The van der Waals surface area contributed by atoms with Gasteiger partial charge in [-0.3, -0.25) is 0 Å². The summed E-state index contributed by atoms with van der Waals surface area (Å²) in [4.78, 5) is 15.1. The van der Waals surface area contributed by atoms with Crippen LogP contribution in [0.15, 0.2) is 17.1 Å². The van der Waals surface area contributed by atoms with Crippen molar-refractivity contribution in [3.8, 4) is 0 Å². The minimum absolute atomic E-state index is 0.0310. The maximum atomic E-state index is 13.3. The van der Waals surface area contributed by atoms with E-state index in [0.29, 0.717) is 0 Å². The third kappa shape index (κ3) is 3.60. The predicted octanol–water partition coefficient (Wildman–Crippen LogP) is 3.78. The first-order chi connectivity index (χ1) is 7.95. The highest BCUT2D eigenvalue weighted by Gasteiger charge is 2.16. The smallest absolute Gasteiger partial charge is 0.339 e. The molecule has 0 bridgehead atoms. The third-order valence-corrected chi connectivity index (χ3v) is 2.17. The molecule has 0 radical (unpaired) electrons. The van der Waals surface area contributed by atoms with Crippen molar-refractivity contribution in [1.82, 2.24) is 0 Å². The molecule has 6 heteroatoms. The van der Waals surface area contributed by atoms with Crippen LogP contribution in [0.1, 0.15) is 24.2 Å². The number of rotatable bonds is 3. The normalized spacial score (nSPS) is 9.94. The van der Waals surface area contributed by atoms with Crippen molar-refractivity contribution in [1.29, 1.82) is 0 Å². The summed E-state index contributed by atoms with van der Waals surface area (Å²) in [6.07, 6.45) is -0.291. The summed E-state index contributed by atoms with van der Waals surface area (Å²) < 4.78 is 18.3. The van der Waals surface area contributed by atoms with E-state index in [1.165, 1.54) is 6.07 Å². The number of carbonyl (C=O) groups is 1. The quantitative estimate of drug-likeness (QED) is 0.478. The van der Waals surface area contributed by atoms with Gasteiger partial charge in [0.1, 0.15) is 5.69 Å². The van der Waals surface area contributed by atoms with Gasteiger partial charge in [0.15, 0.2) is 5.82 Å². The molecule has 1 aromatic rings. The van der Waals surface area contributed by atoms with Gasteiger partial charge in [-0.1, -0.05) is 11.6 Å². The average Bonchev–Trinajstić information content (AvgIpc) is 2.21. The van der Waals surface area contributed by atoms with E-state index in [2.05, 4.69) is 17.2 Å². The molecule has 0 spiro atoms. The summed E-state index contributed by atoms with van der Waals surface area (Å²) in [7, 11) is 0. The van der Waals surface area contributed by atoms with E-state index in [1.807, 2.05) is 5.16 Å². The summed E-state index contributed by atoms with van der Waals surface area (Å²) in [6.45, 7) is 3.40. The van der Waals surface area contributed by atoms with Gasteiger partial charge in [0.25, 0.3) is 0 Å². The first-order valence-electron chi connectivity index (χ1n) is 4.73. The molecule has 0 heterocycles. The Morgan fingerprint density at radius 2 is 2.24 bits per heavy atom. The predicted molar refractivity (Wildman–Crippen MR) is 66.6 cm³/mol. The van der Waals surface area contributed by atoms with Crippen LogP contribution in [-0.4, -0.2) is 17.2 Å². The summed E-state index contributed by atoms with van der Waals surface area (Å²) in [5, 5.41) is 1.99. The fraction of sp³-hybridized carbons (Fsp3) is 0.273. The number of halogens is 2. The van der Waals surface area contributed by atoms with Gasteiger partial charge in [0, 0.05) is 0 Å². The van der Waals surface area contributed by atoms with Gasteiger partial charge in [0.05, 0.1) is 21.9 Å². The number of nitrogens with zero attached hydrogens (tertiary/aromatic N) is 1. The zero-order valence-corrected chi connectivity index (χ0v) is 10.7. The van der Waals surface area contributed by atoms with Crippen molar-refractivity contribution in [2.45, 2.75) is 20.0 Å². The fourth-order valence-corrected chi connectivity index (χ4v) is 1.43. The van der Waals surface area contributed by atoms with E-state index >= 15 is 0 Å². The van der Waals surface area contributed by atoms with Crippen LogP contribution >= 0.6 is 23.8 Å². The van der Waals surface area contributed by atoms with Gasteiger partial charge in [0.2, 0.25) is 0 Å². The number of ether oxygens (including phenoxy) is 1. The fourth-order valence-electron chi connectivity index (χ4n) is 1.11. The standard InChI is InChI=1S/C11H9ClFNO2S/c1-6(2)16-11(15)7-3-10(14-5-17)9(13)4-8(7)12/h3-4,6H,1-2H3. The van der Waals surface area contributed by atoms with E-state index in [-0.39, 0.29) is 22.4 Å². The molecule has 0 fully saturated rings. The number of hydrogen-bond acceptors (Lipinski definition) is 4. The largest absolute Gasteiger partial charge is 0.459 e. The SMILES string of the molecule is CC(C)OC(=O)c1cc(N=C=S)c(F)cc1Cl. The van der Waals surface area contributed by atoms with Crippen LogP contribution in [0.4, 0.5) is 10.1 Å². The number of benzene rings is 1. The molecular formula is C11H9ClFNO2S. The molecule has 0 saturated carbocycles. The topological polar surface area (TPSA) is 38.7 Å². The highest BCUT2D eigenvalue weighted by atomic mass is 35.5. The van der Waals surface area contributed by atoms with Gasteiger partial charge >= 0.3 is 5.97 Å². The third-order valence-electron chi connectivity index (χ3n) is 1.77. The first-order valence-corrected chi connectivity index (χ1v) is 5.52. The Labute approximate surface area is 108 Å². The van der Waals surface area contributed by atoms with E-state index in [0.717, 1.165) is 6.07 Å². The van der Waals surface area contributed by atoms with Crippen molar-refractivity contribution < 1.29 is 13.9 Å². The van der Waals surface area contributed by atoms with Crippen LogP contribution in [0.25, 0.3) is 0 Å². The van der Waals surface area contributed by atoms with Gasteiger partial charge in [-0.05, 0) is 38.2 Å². The summed E-state index contributed by atoms with van der Waals surface area (Å²) in [6, 6.07) is 2.17. The Morgan fingerprint density at radius 3 is 2.76 bits per heavy atom. The Morgan fingerprint density at radius 1 is 1.59 bits per heavy atom. The molecule has 1 rings (SSSR count). The second kappa shape index (κ2) is 5.87. The van der Waals surface area contributed by atoms with Crippen molar-refractivity contribution in [2.24, 2.45) is 4.99 Å². The lowest BCUT2D eigenvalue weighted by Crippen LogP contribution is -2.12. The van der Waals surface area contributed by atoms with E-state index in [4.69, 9.17) is 16.3 Å². The maximum Gasteiger partial charge on any atom is 0.339 e. The minimum atomic E-state index is -0.673. The van der Waals surface area contributed by atoms with Crippen LogP contribution in [0.5, 0.6) is 0 Å². The highest BCUT2D eigenvalue weighted by Crippen LogP contribution is 2.26. The highest BCUT2D eigenvalue weighted by molar-refractivity contribution is 7.78. The molecule has 0 aromatic heterocycles. The lowest BCUT2D eigenvalue weighted by atomic mass is 10.2. The number of hydrogen-bond donors (Lipinski definition) is 0. The second-order valence-corrected chi connectivity index (χ2v) is 4.03. The van der Waals surface area contributed by atoms with Crippen LogP contribution in [-0.2, 0) is 4.74 Å². The van der Waals surface area contributed by atoms with Crippen LogP contribution in [0.2, 0.25) is 5.02 Å². The first kappa shape index (κ1) is 13.8. The molecule has 0 N–H and O–H groups in total. The lowest BCUT2D eigenvalue weighted by molar-refractivity contribution is 0.0378. The van der Waals surface area contributed by atoms with Gasteiger partial charge in [-0.25, -0.2) is 9.18 Å². The number of aliphatic imine (C=N–C) groups is 1. The molecule has 0 amide bonds. The number of esters is 1. The maximum absolute atomic E-state index is 13.3. The summed E-state index contributed by atoms with van der Waals surface area (Å²) in [5.74, 6) is -1.31. The van der Waals surface area contributed by atoms with Crippen LogP contribution in [0, 0.1) is 5.82 Å². The molecular weight excluding hydrogens is 265 g/mol. The van der Waals surface area contributed by atoms with Gasteiger partial charge in [-0.15, -0.1) is 0 Å². The number of isothiocyanates is 1. The zero-order valence-electron chi connectivity index (χ0n) is 9.16. The molecule has 0 saturated heterocycles. The van der Waals surface area contributed by atoms with Crippen LogP contribution in [0.3, 0.4) is 0 Å². The molecule has 3 nitrogen and oxygen atoms in total. The zero-order chi connectivity index (χ0) is 13.0. The van der Waals surface area contributed by atoms with Gasteiger partial charge < -0.3 is 4.74 Å². The van der Waals surface area contributed by atoms with Crippen molar-refractivity contribution in [3.63, 3.8) is 0 Å². The van der Waals surface area contributed by atoms with Crippen molar-refractivity contribution in [2.75, 3.05) is 0 Å². The van der Waals surface area contributed by atoms with E-state index in [1.54, 1.807) is 13.8 Å². The molecule has 0 aliphatic rings. The monoisotopic (exact) mass is 273 g/mol. The molecule has 0 aliphatic heterocycles. The van der Waals surface area contributed by atoms with E-state index < -0.39 is 11.8 Å². The number of thiocarbonyl (C=S) groups is 1. The molecule has 0 atom stereocenters. The Balaban J connectivity index is 3.20. The minimum Gasteiger partial charge on any atom is -0.459 e. The van der Waals surface area contributed by atoms with E-state index in [9.17, 15) is 9.18 Å². The summed E-state index contributed by atoms with van der Waals surface area (Å²) in [5.41, 5.74) is -0.0501. The average molecular weight is 274 g/mol. The molecule has 17 heavy (non-hydrogen) atoms. The van der Waals surface area contributed by atoms with Crippen molar-refractivity contribution in [3.05, 3.63) is 28.5 Å². The molecule has 0 aliphatic carbocycles. The Bertz CT molecular complexity index is 498.